The van der Waals surface area contributed by atoms with Crippen molar-refractivity contribution in [1.29, 1.82) is 5.26 Å². The number of methoxy groups -OCH3 is 1. The number of rotatable bonds is 9. The molecular weight excluding hydrogens is 412 g/mol. The molecule has 30 heavy (non-hydrogen) atoms. The molecule has 2 N–H and O–H groups in total. The highest BCUT2D eigenvalue weighted by atomic mass is 35.5. The number of nitrogens with one attached hydrogen (secondary N) is 1. The van der Waals surface area contributed by atoms with Gasteiger partial charge in [-0.3, -0.25) is 4.79 Å². The van der Waals surface area contributed by atoms with Gasteiger partial charge in [-0.15, -0.1) is 0 Å². The third-order valence-corrected chi connectivity index (χ3v) is 3.97. The van der Waals surface area contributed by atoms with Crippen LogP contribution in [0.25, 0.3) is 6.08 Å². The molecule has 1 amide bonds. The van der Waals surface area contributed by atoms with Gasteiger partial charge in [0.25, 0.3) is 5.91 Å². The van der Waals surface area contributed by atoms with E-state index in [4.69, 9.17) is 30.9 Å². The topological polar surface area (TPSA) is 118 Å². The van der Waals surface area contributed by atoms with Gasteiger partial charge in [-0.05, 0) is 55.0 Å². The van der Waals surface area contributed by atoms with Crippen LogP contribution < -0.4 is 19.5 Å². The average molecular weight is 431 g/mol. The quantitative estimate of drug-likeness (QED) is 0.459. The number of carboxylic acids is 1. The van der Waals surface area contributed by atoms with E-state index in [2.05, 4.69) is 5.32 Å². The van der Waals surface area contributed by atoms with Crippen molar-refractivity contribution in [2.45, 2.75) is 6.92 Å². The zero-order valence-electron chi connectivity index (χ0n) is 16.3. The molecule has 0 heterocycles. The lowest BCUT2D eigenvalue weighted by Crippen LogP contribution is -2.13. The number of carbonyl (C=O) groups is 2. The van der Waals surface area contributed by atoms with Crippen LogP contribution in [-0.4, -0.2) is 37.3 Å². The Bertz CT molecular complexity index is 996. The Kier molecular flexibility index (Phi) is 8.08. The molecule has 156 valence electrons. The van der Waals surface area contributed by atoms with Crippen molar-refractivity contribution < 1.29 is 28.9 Å². The van der Waals surface area contributed by atoms with E-state index in [9.17, 15) is 14.9 Å². The number of amides is 1. The molecule has 0 aromatic heterocycles. The number of ether oxygens (including phenoxy) is 3. The molecule has 2 aromatic rings. The summed E-state index contributed by atoms with van der Waals surface area (Å²) in [7, 11) is 1.36. The van der Waals surface area contributed by atoms with Crippen molar-refractivity contribution in [3.63, 3.8) is 0 Å². The molecule has 0 bridgehead atoms. The Morgan fingerprint density at radius 3 is 2.50 bits per heavy atom. The highest BCUT2D eigenvalue weighted by molar-refractivity contribution is 6.32. The molecule has 0 atom stereocenters. The highest BCUT2D eigenvalue weighted by Gasteiger charge is 2.15. The molecule has 0 unspecified atom stereocenters. The maximum atomic E-state index is 12.5. The Labute approximate surface area is 178 Å². The van der Waals surface area contributed by atoms with Gasteiger partial charge in [0, 0.05) is 5.69 Å². The first kappa shape index (κ1) is 22.6. The van der Waals surface area contributed by atoms with E-state index in [0.717, 1.165) is 0 Å². The second-order valence-corrected chi connectivity index (χ2v) is 6.21. The Balaban J connectivity index is 2.23. The van der Waals surface area contributed by atoms with E-state index < -0.39 is 18.5 Å². The molecule has 9 heteroatoms. The molecule has 8 nitrogen and oxygen atoms in total. The second kappa shape index (κ2) is 10.7. The minimum atomic E-state index is -1.17. The van der Waals surface area contributed by atoms with Gasteiger partial charge in [0.05, 0.1) is 18.7 Å². The number of benzene rings is 2. The average Bonchev–Trinajstić information content (AvgIpc) is 2.72. The van der Waals surface area contributed by atoms with Crippen LogP contribution in [-0.2, 0) is 9.59 Å². The molecule has 0 aliphatic rings. The summed E-state index contributed by atoms with van der Waals surface area (Å²) >= 11 is 6.15. The van der Waals surface area contributed by atoms with Crippen LogP contribution in [0.15, 0.2) is 42.0 Å². The molecule has 0 aliphatic heterocycles. The van der Waals surface area contributed by atoms with Gasteiger partial charge in [-0.2, -0.15) is 5.26 Å². The molecule has 2 aromatic carbocycles. The number of carbonyl (C=O) groups excluding carboxylic acids is 1. The van der Waals surface area contributed by atoms with Crippen LogP contribution >= 0.6 is 11.6 Å². The van der Waals surface area contributed by atoms with Gasteiger partial charge in [-0.25, -0.2) is 4.79 Å². The van der Waals surface area contributed by atoms with Gasteiger partial charge in [0.15, 0.2) is 18.1 Å². The number of nitriles is 1. The van der Waals surface area contributed by atoms with Gasteiger partial charge in [0.2, 0.25) is 0 Å². The summed E-state index contributed by atoms with van der Waals surface area (Å²) in [6.07, 6.45) is 1.33. The molecule has 0 saturated heterocycles. The number of aliphatic carboxylic acids is 1. The number of hydrogen-bond acceptors (Lipinski definition) is 6. The summed E-state index contributed by atoms with van der Waals surface area (Å²) in [6, 6.07) is 11.5. The number of carboxylic acid groups (broad SMARTS) is 1. The minimum Gasteiger partial charge on any atom is -0.494 e. The van der Waals surface area contributed by atoms with E-state index in [-0.39, 0.29) is 22.1 Å². The van der Waals surface area contributed by atoms with Crippen LogP contribution in [0.5, 0.6) is 17.2 Å². The zero-order chi connectivity index (χ0) is 22.1. The van der Waals surface area contributed by atoms with Gasteiger partial charge in [0.1, 0.15) is 17.4 Å². The third-order valence-electron chi connectivity index (χ3n) is 3.69. The fourth-order valence-electron chi connectivity index (χ4n) is 2.41. The van der Waals surface area contributed by atoms with Crippen LogP contribution in [0, 0.1) is 11.3 Å². The Morgan fingerprint density at radius 2 is 1.93 bits per heavy atom. The fraction of sp³-hybridized carbons (Fsp3) is 0.190. The Morgan fingerprint density at radius 1 is 1.23 bits per heavy atom. The van der Waals surface area contributed by atoms with Crippen molar-refractivity contribution in [2.75, 3.05) is 25.6 Å². The molecule has 2 rings (SSSR count). The van der Waals surface area contributed by atoms with E-state index in [1.165, 1.54) is 25.3 Å². The lowest BCUT2D eigenvalue weighted by Gasteiger charge is -2.12. The van der Waals surface area contributed by atoms with Gasteiger partial charge < -0.3 is 24.6 Å². The first-order valence-electron chi connectivity index (χ1n) is 8.76. The third kappa shape index (κ3) is 6.15. The summed E-state index contributed by atoms with van der Waals surface area (Å²) in [5.41, 5.74) is 0.733. The smallest absolute Gasteiger partial charge is 0.341 e. The fourth-order valence-corrected chi connectivity index (χ4v) is 2.69. The minimum absolute atomic E-state index is 0.0519. The number of halogens is 1. The zero-order valence-corrected chi connectivity index (χ0v) is 17.0. The first-order chi connectivity index (χ1) is 14.4. The summed E-state index contributed by atoms with van der Waals surface area (Å²) in [5.74, 6) is -0.897. The van der Waals surface area contributed by atoms with E-state index in [1.54, 1.807) is 24.3 Å². The van der Waals surface area contributed by atoms with Crippen molar-refractivity contribution in [3.05, 3.63) is 52.6 Å². The molecule has 0 fully saturated rings. The van der Waals surface area contributed by atoms with Gasteiger partial charge >= 0.3 is 5.97 Å². The van der Waals surface area contributed by atoms with Crippen LogP contribution in [0.1, 0.15) is 12.5 Å². The van der Waals surface area contributed by atoms with Crippen molar-refractivity contribution in [2.24, 2.45) is 0 Å². The lowest BCUT2D eigenvalue weighted by molar-refractivity contribution is -0.139. The predicted octanol–water partition coefficient (Wildman–Crippen LogP) is 3.76. The van der Waals surface area contributed by atoms with Crippen LogP contribution in [0.3, 0.4) is 0 Å². The van der Waals surface area contributed by atoms with Crippen molar-refractivity contribution in [1.82, 2.24) is 0 Å². The standard InChI is InChI=1S/C21H19ClN2O6/c1-3-29-16-6-4-15(5-7-16)24-21(27)14(11-23)8-13-9-17(22)20(18(10-13)28-2)30-12-19(25)26/h4-10H,3,12H2,1-2H3,(H,24,27)(H,25,26)/b14-8-. The lowest BCUT2D eigenvalue weighted by atomic mass is 10.1. The van der Waals surface area contributed by atoms with Crippen molar-refractivity contribution in [3.8, 4) is 23.3 Å². The van der Waals surface area contributed by atoms with Crippen LogP contribution in [0.4, 0.5) is 5.69 Å². The van der Waals surface area contributed by atoms with E-state index >= 15 is 0 Å². The normalized spacial score (nSPS) is 10.7. The summed E-state index contributed by atoms with van der Waals surface area (Å²) in [4.78, 5) is 23.2. The largest absolute Gasteiger partial charge is 0.494 e. The first-order valence-corrected chi connectivity index (χ1v) is 9.13. The summed E-state index contributed by atoms with van der Waals surface area (Å²) in [5, 5.41) is 20.9. The maximum absolute atomic E-state index is 12.5. The molecule has 0 aliphatic carbocycles. The summed E-state index contributed by atoms with van der Waals surface area (Å²) in [6.45, 7) is 1.80. The van der Waals surface area contributed by atoms with Crippen molar-refractivity contribution >= 4 is 35.2 Å². The molecule has 0 saturated carbocycles. The number of nitrogens with zero attached hydrogens (tertiary/aromatic N) is 1. The second-order valence-electron chi connectivity index (χ2n) is 5.80. The predicted molar refractivity (Wildman–Crippen MR) is 111 cm³/mol. The maximum Gasteiger partial charge on any atom is 0.341 e. The molecule has 0 radical (unpaired) electrons. The van der Waals surface area contributed by atoms with E-state index in [1.807, 2.05) is 13.0 Å². The Hall–Kier alpha value is -3.70. The number of anilines is 1. The molecular formula is C21H19ClN2O6. The summed E-state index contributed by atoms with van der Waals surface area (Å²) < 4.78 is 15.6. The number of hydrogen-bond donors (Lipinski definition) is 2. The van der Waals surface area contributed by atoms with E-state index in [0.29, 0.717) is 23.6 Å². The van der Waals surface area contributed by atoms with Crippen LogP contribution in [0.2, 0.25) is 5.02 Å². The molecule has 0 spiro atoms. The van der Waals surface area contributed by atoms with Gasteiger partial charge in [-0.1, -0.05) is 11.6 Å². The SMILES string of the molecule is CCOc1ccc(NC(=O)/C(C#N)=C\c2cc(Cl)c(OCC(=O)O)c(OC)c2)cc1. The highest BCUT2D eigenvalue weighted by Crippen LogP contribution is 2.37. The monoisotopic (exact) mass is 430 g/mol.